The number of hydrogen-bond donors (Lipinski definition) is 2. The molecule has 2 heterocycles. The van der Waals surface area contributed by atoms with Gasteiger partial charge < -0.3 is 15.4 Å². The Morgan fingerprint density at radius 3 is 2.77 bits per heavy atom. The van der Waals surface area contributed by atoms with E-state index in [1.54, 1.807) is 47.9 Å². The van der Waals surface area contributed by atoms with Gasteiger partial charge in [0.25, 0.3) is 5.91 Å². The van der Waals surface area contributed by atoms with Crippen molar-refractivity contribution in [3.63, 3.8) is 0 Å². The van der Waals surface area contributed by atoms with E-state index in [1.165, 1.54) is 0 Å². The van der Waals surface area contributed by atoms with Crippen LogP contribution in [-0.2, 0) is 4.79 Å². The minimum atomic E-state index is -0.629. The van der Waals surface area contributed by atoms with E-state index >= 15 is 0 Å². The highest BCUT2D eigenvalue weighted by Gasteiger charge is 2.47. The van der Waals surface area contributed by atoms with Crippen LogP contribution in [0.25, 0.3) is 0 Å². The normalized spacial score (nSPS) is 21.0. The summed E-state index contributed by atoms with van der Waals surface area (Å²) in [7, 11) is 1.56. The highest BCUT2D eigenvalue weighted by molar-refractivity contribution is 6.18. The molecule has 0 aromatic heterocycles. The Labute approximate surface area is 208 Å². The van der Waals surface area contributed by atoms with Gasteiger partial charge in [-0.3, -0.25) is 14.0 Å². The van der Waals surface area contributed by atoms with Crippen LogP contribution in [0.5, 0.6) is 5.75 Å². The number of rotatable bonds is 4. The topological polar surface area (TPSA) is 95.4 Å². The number of benzene rings is 2. The zero-order chi connectivity index (χ0) is 24.4. The van der Waals surface area contributed by atoms with Gasteiger partial charge in [-0.25, -0.2) is 9.98 Å². The summed E-state index contributed by atoms with van der Waals surface area (Å²) in [5, 5.41) is 6.07. The van der Waals surface area contributed by atoms with Crippen molar-refractivity contribution in [1.29, 1.82) is 0 Å². The van der Waals surface area contributed by atoms with Gasteiger partial charge in [0.05, 0.1) is 30.5 Å². The number of ketones is 1. The van der Waals surface area contributed by atoms with E-state index in [1.807, 2.05) is 30.4 Å². The number of para-hydroxylation sites is 2. The number of carbonyl (C=O) groups is 2. The van der Waals surface area contributed by atoms with Crippen LogP contribution in [0, 0.1) is 5.41 Å². The van der Waals surface area contributed by atoms with Gasteiger partial charge in [0.15, 0.2) is 0 Å². The molecule has 9 heteroatoms. The van der Waals surface area contributed by atoms with Crippen molar-refractivity contribution in [2.45, 2.75) is 12.8 Å². The van der Waals surface area contributed by atoms with E-state index in [9.17, 15) is 9.59 Å². The first-order chi connectivity index (χ1) is 17.0. The first-order valence-electron chi connectivity index (χ1n) is 11.3. The fourth-order valence-electron chi connectivity index (χ4n) is 4.51. The Hall–Kier alpha value is -3.91. The zero-order valence-corrected chi connectivity index (χ0v) is 19.9. The van der Waals surface area contributed by atoms with E-state index in [-0.39, 0.29) is 11.7 Å². The number of nitrogens with zero attached hydrogens (tertiary/aromatic N) is 3. The molecule has 1 spiro atoms. The van der Waals surface area contributed by atoms with E-state index < -0.39 is 5.41 Å². The van der Waals surface area contributed by atoms with Crippen LogP contribution in [0.2, 0.25) is 0 Å². The maximum Gasteiger partial charge on any atom is 0.255 e. The molecule has 2 aromatic rings. The Morgan fingerprint density at radius 2 is 1.97 bits per heavy atom. The standard InChI is InChI=1S/C26H24ClN5O3/c1-35-21-6-3-2-5-20(21)30-24(34)17-9-11-18(12-10-17)29-25-28-16-26-15-19(33)13-14-32(27)23(26)8-4-7-22(26)31-25/h2-12H,13-16H2,1H3,(H,28,29)(H,30,34). The monoisotopic (exact) mass is 489 g/mol. The second-order valence-electron chi connectivity index (χ2n) is 8.54. The van der Waals surface area contributed by atoms with Gasteiger partial charge in [-0.15, -0.1) is 0 Å². The van der Waals surface area contributed by atoms with Gasteiger partial charge in [-0.1, -0.05) is 18.2 Å². The van der Waals surface area contributed by atoms with Crippen LogP contribution in [0.4, 0.5) is 11.4 Å². The Morgan fingerprint density at radius 1 is 1.17 bits per heavy atom. The first kappa shape index (κ1) is 22.9. The lowest BCUT2D eigenvalue weighted by atomic mass is 9.72. The number of nitrogens with one attached hydrogen (secondary N) is 2. The van der Waals surface area contributed by atoms with Gasteiger partial charge in [0, 0.05) is 48.1 Å². The summed E-state index contributed by atoms with van der Waals surface area (Å²) in [5.41, 5.74) is 2.84. The molecular weight excluding hydrogens is 466 g/mol. The summed E-state index contributed by atoms with van der Waals surface area (Å²) < 4.78 is 6.91. The third-order valence-electron chi connectivity index (χ3n) is 6.32. The fraction of sp³-hybridized carbons (Fsp3) is 0.231. The molecule has 1 aliphatic carbocycles. The lowest BCUT2D eigenvalue weighted by Gasteiger charge is -2.39. The van der Waals surface area contributed by atoms with Crippen LogP contribution in [0.1, 0.15) is 23.2 Å². The van der Waals surface area contributed by atoms with Gasteiger partial charge in [-0.2, -0.15) is 0 Å². The largest absolute Gasteiger partial charge is 0.495 e. The van der Waals surface area contributed by atoms with Crippen LogP contribution in [-0.4, -0.2) is 48.0 Å². The summed E-state index contributed by atoms with van der Waals surface area (Å²) >= 11 is 6.47. The molecule has 0 radical (unpaired) electrons. The summed E-state index contributed by atoms with van der Waals surface area (Å²) in [4.78, 5) is 34.5. The summed E-state index contributed by atoms with van der Waals surface area (Å²) in [6.45, 7) is 0.847. The molecule has 2 aliphatic heterocycles. The Balaban J connectivity index is 1.30. The molecule has 1 amide bonds. The number of Topliss-reactive ketones (excluding diaryl/α,β-unsaturated/α-hetero) is 1. The second kappa shape index (κ2) is 9.38. The predicted octanol–water partition coefficient (Wildman–Crippen LogP) is 4.43. The number of allylic oxidation sites excluding steroid dienone is 3. The van der Waals surface area contributed by atoms with Gasteiger partial charge >= 0.3 is 0 Å². The van der Waals surface area contributed by atoms with Crippen molar-refractivity contribution in [2.24, 2.45) is 15.4 Å². The maximum absolute atomic E-state index is 12.7. The van der Waals surface area contributed by atoms with Gasteiger partial charge in [-0.05, 0) is 48.6 Å². The number of methoxy groups -OCH3 is 1. The number of guanidine groups is 1. The molecule has 3 aliphatic rings. The number of amides is 1. The van der Waals surface area contributed by atoms with Gasteiger partial charge in [0.2, 0.25) is 5.96 Å². The second-order valence-corrected chi connectivity index (χ2v) is 8.95. The zero-order valence-electron chi connectivity index (χ0n) is 19.1. The van der Waals surface area contributed by atoms with Crippen LogP contribution in [0.3, 0.4) is 0 Å². The molecule has 0 saturated carbocycles. The summed E-state index contributed by atoms with van der Waals surface area (Å²) in [5.74, 6) is 0.943. The summed E-state index contributed by atoms with van der Waals surface area (Å²) in [6.07, 6.45) is 6.48. The quantitative estimate of drug-likeness (QED) is 0.619. The number of carbonyl (C=O) groups excluding carboxylic acids is 2. The Bertz CT molecular complexity index is 1300. The molecule has 5 rings (SSSR count). The number of aliphatic imine (C=N–C) groups is 2. The average molecular weight is 490 g/mol. The maximum atomic E-state index is 12.7. The van der Waals surface area contributed by atoms with E-state index in [0.717, 1.165) is 17.1 Å². The lowest BCUT2D eigenvalue weighted by Crippen LogP contribution is -2.44. The first-order valence-corrected chi connectivity index (χ1v) is 11.6. The van der Waals surface area contributed by atoms with Crippen LogP contribution in [0.15, 0.2) is 82.4 Å². The predicted molar refractivity (Wildman–Crippen MR) is 137 cm³/mol. The third kappa shape index (κ3) is 4.44. The van der Waals surface area contributed by atoms with Crippen molar-refractivity contribution >= 4 is 46.5 Å². The third-order valence-corrected chi connectivity index (χ3v) is 6.67. The minimum absolute atomic E-state index is 0.149. The van der Waals surface area contributed by atoms with Gasteiger partial charge in [0.1, 0.15) is 11.5 Å². The van der Waals surface area contributed by atoms with E-state index in [4.69, 9.17) is 21.5 Å². The molecule has 35 heavy (non-hydrogen) atoms. The minimum Gasteiger partial charge on any atom is -0.495 e. The van der Waals surface area contributed by atoms with Crippen molar-refractivity contribution in [3.05, 3.63) is 78.0 Å². The number of ether oxygens (including phenoxy) is 1. The molecule has 2 aromatic carbocycles. The molecule has 178 valence electrons. The molecule has 1 fully saturated rings. The van der Waals surface area contributed by atoms with Crippen LogP contribution >= 0.6 is 11.8 Å². The molecule has 1 atom stereocenters. The number of halogens is 1. The molecule has 2 N–H and O–H groups in total. The number of anilines is 2. The average Bonchev–Trinajstić information content (AvgIpc) is 3.00. The number of hydrogen-bond acceptors (Lipinski definition) is 7. The smallest absolute Gasteiger partial charge is 0.255 e. The molecule has 1 saturated heterocycles. The van der Waals surface area contributed by atoms with Crippen molar-refractivity contribution in [1.82, 2.24) is 4.42 Å². The highest BCUT2D eigenvalue weighted by Crippen LogP contribution is 2.43. The van der Waals surface area contributed by atoms with E-state index in [0.29, 0.717) is 48.9 Å². The molecule has 8 nitrogen and oxygen atoms in total. The fourth-order valence-corrected chi connectivity index (χ4v) is 4.81. The van der Waals surface area contributed by atoms with Crippen molar-refractivity contribution in [3.8, 4) is 5.75 Å². The lowest BCUT2D eigenvalue weighted by molar-refractivity contribution is -0.119. The van der Waals surface area contributed by atoms with Crippen LogP contribution < -0.4 is 15.4 Å². The summed E-state index contributed by atoms with van der Waals surface area (Å²) in [6, 6.07) is 14.3. The van der Waals surface area contributed by atoms with Crippen molar-refractivity contribution in [2.75, 3.05) is 30.8 Å². The SMILES string of the molecule is COc1ccccc1NC(=O)c1ccc(NC2=NCC34CC(=O)CCN(Cl)C3=CC=CC4=N2)cc1. The molecule has 1 unspecified atom stereocenters. The Kier molecular flexibility index (Phi) is 6.13. The van der Waals surface area contributed by atoms with E-state index in [2.05, 4.69) is 15.6 Å². The van der Waals surface area contributed by atoms with Crippen molar-refractivity contribution < 1.29 is 14.3 Å². The molecule has 0 bridgehead atoms. The molecular formula is C26H24ClN5O3. The highest BCUT2D eigenvalue weighted by atomic mass is 35.5.